The monoisotopic (exact) mass is 321 g/mol. The minimum absolute atomic E-state index is 0.0999. The van der Waals surface area contributed by atoms with E-state index in [4.69, 9.17) is 4.65 Å². The Morgan fingerprint density at radius 2 is 2.00 bits per heavy atom. The zero-order chi connectivity index (χ0) is 16.6. The fourth-order valence-electron chi connectivity index (χ4n) is 2.33. The minimum Gasteiger partial charge on any atom is -0.423 e. The summed E-state index contributed by atoms with van der Waals surface area (Å²) in [6, 6.07) is 9.01. The minimum atomic E-state index is -4.51. The van der Waals surface area contributed by atoms with Crippen molar-refractivity contribution < 1.29 is 27.6 Å². The van der Waals surface area contributed by atoms with Gasteiger partial charge in [0, 0.05) is 11.3 Å². The molecule has 118 valence electrons. The van der Waals surface area contributed by atoms with Gasteiger partial charge in [-0.1, -0.05) is 12.1 Å². The van der Waals surface area contributed by atoms with Gasteiger partial charge in [0.05, 0.1) is 12.2 Å². The number of hydrogen-bond donors (Lipinski definition) is 2. The van der Waals surface area contributed by atoms with Crippen LogP contribution in [0.15, 0.2) is 42.5 Å². The molecule has 3 rings (SSSR count). The molecule has 0 aliphatic carbocycles. The summed E-state index contributed by atoms with van der Waals surface area (Å²) in [6.07, 6.45) is -4.51. The molecule has 8 heteroatoms. The number of amides is 1. The predicted molar refractivity (Wildman–Crippen MR) is 78.2 cm³/mol. The smallest absolute Gasteiger partial charge is 0.423 e. The number of rotatable bonds is 2. The quantitative estimate of drug-likeness (QED) is 0.834. The first-order valence-corrected chi connectivity index (χ1v) is 6.76. The zero-order valence-corrected chi connectivity index (χ0v) is 11.7. The summed E-state index contributed by atoms with van der Waals surface area (Å²) in [5.74, 6) is -0.663. The molecule has 0 spiro atoms. The van der Waals surface area contributed by atoms with Crippen molar-refractivity contribution in [2.75, 3.05) is 5.32 Å². The van der Waals surface area contributed by atoms with Gasteiger partial charge < -0.3 is 15.0 Å². The Morgan fingerprint density at radius 1 is 1.22 bits per heavy atom. The molecule has 2 N–H and O–H groups in total. The largest absolute Gasteiger partial charge is 0.491 e. The van der Waals surface area contributed by atoms with Crippen molar-refractivity contribution in [3.05, 3.63) is 59.2 Å². The third-order valence-corrected chi connectivity index (χ3v) is 3.52. The molecule has 2 aromatic carbocycles. The van der Waals surface area contributed by atoms with Crippen molar-refractivity contribution in [3.8, 4) is 0 Å². The molecule has 1 aliphatic heterocycles. The number of carbonyl (C=O) groups is 1. The van der Waals surface area contributed by atoms with Gasteiger partial charge in [-0.05, 0) is 41.4 Å². The van der Waals surface area contributed by atoms with E-state index in [1.165, 1.54) is 12.1 Å². The summed E-state index contributed by atoms with van der Waals surface area (Å²) in [7, 11) is -1.06. The van der Waals surface area contributed by atoms with Crippen LogP contribution in [0.2, 0.25) is 0 Å². The Balaban J connectivity index is 1.81. The van der Waals surface area contributed by atoms with Crippen LogP contribution >= 0.6 is 0 Å². The molecule has 23 heavy (non-hydrogen) atoms. The second-order valence-corrected chi connectivity index (χ2v) is 5.11. The standard InChI is InChI=1S/C15H11BF3NO3/c17-15(18,19)11-3-1-2-9(6-11)14(21)20-12-5-4-10-8-23-16(22)13(10)7-12/h1-7,22H,8H2,(H,20,21). The van der Waals surface area contributed by atoms with Crippen molar-refractivity contribution >= 4 is 24.2 Å². The van der Waals surface area contributed by atoms with Crippen LogP contribution in [0.1, 0.15) is 21.5 Å². The number of anilines is 1. The van der Waals surface area contributed by atoms with E-state index in [9.17, 15) is 23.0 Å². The van der Waals surface area contributed by atoms with Gasteiger partial charge in [-0.15, -0.1) is 0 Å². The molecule has 0 saturated carbocycles. The lowest BCUT2D eigenvalue weighted by atomic mass is 9.79. The van der Waals surface area contributed by atoms with Crippen LogP contribution in [0.4, 0.5) is 18.9 Å². The first-order chi connectivity index (χ1) is 10.8. The van der Waals surface area contributed by atoms with Gasteiger partial charge in [0.2, 0.25) is 0 Å². The highest BCUT2D eigenvalue weighted by Crippen LogP contribution is 2.29. The molecule has 1 amide bonds. The van der Waals surface area contributed by atoms with Crippen molar-refractivity contribution in [1.29, 1.82) is 0 Å². The van der Waals surface area contributed by atoms with Crippen LogP contribution in [-0.2, 0) is 17.4 Å². The summed E-state index contributed by atoms with van der Waals surface area (Å²) in [5, 5.41) is 12.1. The topological polar surface area (TPSA) is 58.6 Å². The van der Waals surface area contributed by atoms with E-state index in [0.29, 0.717) is 11.2 Å². The predicted octanol–water partition coefficient (Wildman–Crippen LogP) is 2.18. The SMILES string of the molecule is O=C(Nc1ccc2c(c1)B(O)OC2)c1cccc(C(F)(F)F)c1. The number of nitrogens with one attached hydrogen (secondary N) is 1. The maximum Gasteiger partial charge on any atom is 0.491 e. The highest BCUT2D eigenvalue weighted by atomic mass is 19.4. The Bertz CT molecular complexity index is 764. The number of halogens is 3. The lowest BCUT2D eigenvalue weighted by molar-refractivity contribution is -0.137. The maximum absolute atomic E-state index is 12.7. The first kappa shape index (κ1) is 15.6. The first-order valence-electron chi connectivity index (χ1n) is 6.76. The molecule has 1 aliphatic rings. The van der Waals surface area contributed by atoms with Gasteiger partial charge in [-0.3, -0.25) is 4.79 Å². The summed E-state index contributed by atoms with van der Waals surface area (Å²) in [6.45, 7) is 0.276. The van der Waals surface area contributed by atoms with Gasteiger partial charge >= 0.3 is 13.3 Å². The Kier molecular flexibility index (Phi) is 3.87. The van der Waals surface area contributed by atoms with Gasteiger partial charge in [0.1, 0.15) is 0 Å². The lowest BCUT2D eigenvalue weighted by Gasteiger charge is -2.10. The average molecular weight is 321 g/mol. The van der Waals surface area contributed by atoms with E-state index < -0.39 is 24.8 Å². The second kappa shape index (κ2) is 5.71. The van der Waals surface area contributed by atoms with Crippen molar-refractivity contribution in [2.24, 2.45) is 0 Å². The molecule has 0 unspecified atom stereocenters. The molecule has 0 bridgehead atoms. The zero-order valence-electron chi connectivity index (χ0n) is 11.7. The van der Waals surface area contributed by atoms with Crippen LogP contribution in [-0.4, -0.2) is 18.0 Å². The second-order valence-electron chi connectivity index (χ2n) is 5.11. The lowest BCUT2D eigenvalue weighted by Crippen LogP contribution is -2.28. The van der Waals surface area contributed by atoms with E-state index in [1.54, 1.807) is 18.2 Å². The van der Waals surface area contributed by atoms with E-state index in [2.05, 4.69) is 5.32 Å². The third kappa shape index (κ3) is 3.23. The van der Waals surface area contributed by atoms with E-state index >= 15 is 0 Å². The number of hydrogen-bond acceptors (Lipinski definition) is 3. The van der Waals surface area contributed by atoms with Crippen LogP contribution in [0, 0.1) is 0 Å². The molecule has 0 saturated heterocycles. The third-order valence-electron chi connectivity index (χ3n) is 3.52. The molecular weight excluding hydrogens is 310 g/mol. The number of alkyl halides is 3. The van der Waals surface area contributed by atoms with Crippen molar-refractivity contribution in [1.82, 2.24) is 0 Å². The van der Waals surface area contributed by atoms with Gasteiger partial charge in [0.25, 0.3) is 5.91 Å². The highest BCUT2D eigenvalue weighted by molar-refractivity contribution is 6.61. The van der Waals surface area contributed by atoms with Crippen LogP contribution in [0.25, 0.3) is 0 Å². The fourth-order valence-corrected chi connectivity index (χ4v) is 2.33. The van der Waals surface area contributed by atoms with E-state index in [-0.39, 0.29) is 12.2 Å². The summed E-state index contributed by atoms with van der Waals surface area (Å²) in [5.41, 5.74) is 0.720. The number of fused-ring (bicyclic) bond motifs is 1. The van der Waals surface area contributed by atoms with Gasteiger partial charge in [-0.25, -0.2) is 0 Å². The van der Waals surface area contributed by atoms with E-state index in [0.717, 1.165) is 17.7 Å². The molecule has 0 atom stereocenters. The number of carbonyl (C=O) groups excluding carboxylic acids is 1. The van der Waals surface area contributed by atoms with Crippen LogP contribution in [0.3, 0.4) is 0 Å². The fraction of sp³-hybridized carbons (Fsp3) is 0.133. The van der Waals surface area contributed by atoms with E-state index in [1.807, 2.05) is 0 Å². The molecule has 0 aromatic heterocycles. The Labute approximate surface area is 130 Å². The molecule has 4 nitrogen and oxygen atoms in total. The van der Waals surface area contributed by atoms with Gasteiger partial charge in [-0.2, -0.15) is 13.2 Å². The summed E-state index contributed by atoms with van der Waals surface area (Å²) >= 11 is 0. The molecule has 0 radical (unpaired) electrons. The number of benzene rings is 2. The van der Waals surface area contributed by atoms with Crippen LogP contribution < -0.4 is 10.8 Å². The Hall–Kier alpha value is -2.32. The van der Waals surface area contributed by atoms with Gasteiger partial charge in [0.15, 0.2) is 0 Å². The average Bonchev–Trinajstić information content (AvgIpc) is 2.88. The molecular formula is C15H11BF3NO3. The summed E-state index contributed by atoms with van der Waals surface area (Å²) in [4.78, 5) is 12.1. The highest BCUT2D eigenvalue weighted by Gasteiger charge is 2.31. The van der Waals surface area contributed by atoms with Crippen molar-refractivity contribution in [3.63, 3.8) is 0 Å². The molecule has 0 fully saturated rings. The summed E-state index contributed by atoms with van der Waals surface area (Å²) < 4.78 is 43.1. The van der Waals surface area contributed by atoms with Crippen molar-refractivity contribution in [2.45, 2.75) is 12.8 Å². The normalized spacial score (nSPS) is 13.8. The Morgan fingerprint density at radius 3 is 2.74 bits per heavy atom. The molecule has 2 aromatic rings. The maximum atomic E-state index is 12.7. The molecule has 1 heterocycles. The van der Waals surface area contributed by atoms with Crippen LogP contribution in [0.5, 0.6) is 0 Å².